The van der Waals surface area contributed by atoms with E-state index in [2.05, 4.69) is 22.0 Å². The third-order valence-electron chi connectivity index (χ3n) is 4.40. The molecule has 1 atom stereocenters. The molecule has 0 saturated carbocycles. The number of benzene rings is 1. The number of aliphatic hydroxyl groups is 1. The first-order valence-electron chi connectivity index (χ1n) is 8.73. The third-order valence-corrected chi connectivity index (χ3v) is 5.98. The highest BCUT2D eigenvalue weighted by Gasteiger charge is 2.31. The zero-order chi connectivity index (χ0) is 20.0. The largest absolute Gasteiger partial charge is 0.365 e. The summed E-state index contributed by atoms with van der Waals surface area (Å²) in [7, 11) is 3.26. The number of carbonyl (C=O) groups excluding carboxylic acids is 1. The van der Waals surface area contributed by atoms with Gasteiger partial charge in [-0.1, -0.05) is 36.7 Å². The molecular weight excluding hydrogens is 398 g/mol. The van der Waals surface area contributed by atoms with Crippen molar-refractivity contribution in [3.8, 4) is 5.00 Å². The molecule has 1 aliphatic rings. The molecule has 0 aliphatic carbocycles. The number of aliphatic hydroxyl groups excluding tert-OH is 1. The molecule has 0 saturated heterocycles. The van der Waals surface area contributed by atoms with Crippen LogP contribution in [0.15, 0.2) is 35.3 Å². The van der Waals surface area contributed by atoms with Crippen molar-refractivity contribution in [3.63, 3.8) is 0 Å². The highest BCUT2D eigenvalue weighted by Crippen LogP contribution is 2.35. The smallest absolute Gasteiger partial charge is 0.293 e. The van der Waals surface area contributed by atoms with Crippen LogP contribution in [0.5, 0.6) is 0 Å². The Kier molecular flexibility index (Phi) is 4.78. The Morgan fingerprint density at radius 2 is 2.07 bits per heavy atom. The molecule has 0 bridgehead atoms. The Morgan fingerprint density at radius 1 is 1.32 bits per heavy atom. The average Bonchev–Trinajstić information content (AvgIpc) is 3.28. The quantitative estimate of drug-likeness (QED) is 0.712. The van der Waals surface area contributed by atoms with E-state index < -0.39 is 6.23 Å². The van der Waals surface area contributed by atoms with Crippen molar-refractivity contribution in [2.45, 2.75) is 19.6 Å². The number of thiophene rings is 1. The minimum absolute atomic E-state index is 0.0211. The fraction of sp³-hybridized carbons (Fsp3) is 0.263. The van der Waals surface area contributed by atoms with Gasteiger partial charge in [-0.3, -0.25) is 4.79 Å². The van der Waals surface area contributed by atoms with E-state index in [1.165, 1.54) is 20.9 Å². The molecule has 0 spiro atoms. The van der Waals surface area contributed by atoms with Gasteiger partial charge in [-0.15, -0.1) is 16.4 Å². The number of aromatic nitrogens is 3. The summed E-state index contributed by atoms with van der Waals surface area (Å²) in [5.41, 5.74) is 2.11. The highest BCUT2D eigenvalue weighted by atomic mass is 35.5. The summed E-state index contributed by atoms with van der Waals surface area (Å²) in [4.78, 5) is 23.6. The molecule has 28 heavy (non-hydrogen) atoms. The van der Waals surface area contributed by atoms with Crippen LogP contribution in [0.1, 0.15) is 45.6 Å². The Morgan fingerprint density at radius 3 is 2.75 bits per heavy atom. The Hall–Kier alpha value is -2.55. The molecule has 0 radical (unpaired) electrons. The second kappa shape index (κ2) is 7.12. The third kappa shape index (κ3) is 3.03. The highest BCUT2D eigenvalue weighted by molar-refractivity contribution is 7.15. The first-order chi connectivity index (χ1) is 13.4. The SMILES string of the molecule is CCc1cc2c(s1)-n1nc(C(=O)N(C)C)nc1C(O)N=C2c1ccccc1Cl. The van der Waals surface area contributed by atoms with Crippen LogP contribution in [0.25, 0.3) is 5.00 Å². The van der Waals surface area contributed by atoms with Crippen molar-refractivity contribution < 1.29 is 9.90 Å². The first-order valence-corrected chi connectivity index (χ1v) is 9.93. The number of carbonyl (C=O) groups is 1. The van der Waals surface area contributed by atoms with Crippen molar-refractivity contribution in [2.24, 2.45) is 4.99 Å². The van der Waals surface area contributed by atoms with E-state index in [1.807, 2.05) is 24.3 Å². The molecule has 0 fully saturated rings. The van der Waals surface area contributed by atoms with Crippen LogP contribution < -0.4 is 0 Å². The summed E-state index contributed by atoms with van der Waals surface area (Å²) < 4.78 is 1.52. The topological polar surface area (TPSA) is 83.6 Å². The number of nitrogens with zero attached hydrogens (tertiary/aromatic N) is 5. The summed E-state index contributed by atoms with van der Waals surface area (Å²) >= 11 is 7.94. The minimum Gasteiger partial charge on any atom is -0.365 e. The van der Waals surface area contributed by atoms with Crippen molar-refractivity contribution in [1.82, 2.24) is 19.7 Å². The number of fused-ring (bicyclic) bond motifs is 3. The second-order valence-corrected chi connectivity index (χ2v) is 8.04. The van der Waals surface area contributed by atoms with Crippen LogP contribution in [0.3, 0.4) is 0 Å². The van der Waals surface area contributed by atoms with Gasteiger partial charge in [0.15, 0.2) is 5.82 Å². The number of aryl methyl sites for hydroxylation is 1. The zero-order valence-electron chi connectivity index (χ0n) is 15.5. The van der Waals surface area contributed by atoms with Crippen molar-refractivity contribution in [2.75, 3.05) is 14.1 Å². The summed E-state index contributed by atoms with van der Waals surface area (Å²) in [6, 6.07) is 9.40. The van der Waals surface area contributed by atoms with Crippen LogP contribution in [0, 0.1) is 0 Å². The van der Waals surface area contributed by atoms with Crippen LogP contribution in [-0.4, -0.2) is 50.5 Å². The van der Waals surface area contributed by atoms with Gasteiger partial charge in [0.05, 0.1) is 5.71 Å². The Labute approximate surface area is 170 Å². The molecule has 3 aromatic rings. The van der Waals surface area contributed by atoms with Gasteiger partial charge < -0.3 is 10.0 Å². The molecule has 1 unspecified atom stereocenters. The van der Waals surface area contributed by atoms with Crippen LogP contribution in [0.2, 0.25) is 5.02 Å². The summed E-state index contributed by atoms with van der Waals surface area (Å²) in [6.45, 7) is 2.07. The van der Waals surface area contributed by atoms with E-state index in [1.54, 1.807) is 20.2 Å². The number of halogens is 1. The van der Waals surface area contributed by atoms with Gasteiger partial charge in [0.1, 0.15) is 5.00 Å². The molecule has 1 aromatic carbocycles. The van der Waals surface area contributed by atoms with E-state index in [0.717, 1.165) is 27.4 Å². The lowest BCUT2D eigenvalue weighted by atomic mass is 10.0. The van der Waals surface area contributed by atoms with E-state index in [9.17, 15) is 9.90 Å². The van der Waals surface area contributed by atoms with Gasteiger partial charge >= 0.3 is 0 Å². The number of hydrogen-bond donors (Lipinski definition) is 1. The zero-order valence-corrected chi connectivity index (χ0v) is 17.1. The Balaban J connectivity index is 1.96. The molecule has 4 rings (SSSR count). The van der Waals surface area contributed by atoms with Gasteiger partial charge in [0, 0.05) is 35.1 Å². The average molecular weight is 416 g/mol. The lowest BCUT2D eigenvalue weighted by Crippen LogP contribution is -2.23. The van der Waals surface area contributed by atoms with Gasteiger partial charge in [0.25, 0.3) is 5.91 Å². The van der Waals surface area contributed by atoms with E-state index in [0.29, 0.717) is 10.7 Å². The predicted molar refractivity (Wildman–Crippen MR) is 109 cm³/mol. The standard InChI is InChI=1S/C19H18ClN5O2S/c1-4-10-9-12-14(11-7-5-6-8-13(11)20)21-17(26)16-22-15(18(27)24(2)3)23-25(16)19(12)28-10/h5-9,17,26H,4H2,1-3H3. The minimum atomic E-state index is -1.27. The molecule has 9 heteroatoms. The van der Waals surface area contributed by atoms with Crippen LogP contribution in [-0.2, 0) is 6.42 Å². The first kappa shape index (κ1) is 18.8. The number of hydrogen-bond acceptors (Lipinski definition) is 6. The summed E-state index contributed by atoms with van der Waals surface area (Å²) in [5.74, 6) is -0.109. The molecule has 1 amide bonds. The molecule has 2 aromatic heterocycles. The second-order valence-electron chi connectivity index (χ2n) is 6.52. The number of rotatable bonds is 3. The van der Waals surface area contributed by atoms with E-state index in [-0.39, 0.29) is 17.6 Å². The molecule has 144 valence electrons. The summed E-state index contributed by atoms with van der Waals surface area (Å²) in [5, 5.41) is 16.4. The molecular formula is C19H18ClN5O2S. The number of amides is 1. The lowest BCUT2D eigenvalue weighted by Gasteiger charge is -2.09. The maximum atomic E-state index is 12.3. The van der Waals surface area contributed by atoms with Crippen LogP contribution >= 0.6 is 22.9 Å². The van der Waals surface area contributed by atoms with E-state index >= 15 is 0 Å². The van der Waals surface area contributed by atoms with Crippen molar-refractivity contribution in [1.29, 1.82) is 0 Å². The molecule has 1 N–H and O–H groups in total. The maximum Gasteiger partial charge on any atom is 0.293 e. The number of aliphatic imine (C=N–C) groups is 1. The summed E-state index contributed by atoms with van der Waals surface area (Å²) in [6.07, 6.45) is -0.434. The molecule has 7 nitrogen and oxygen atoms in total. The van der Waals surface area contributed by atoms with Crippen molar-refractivity contribution >= 4 is 34.6 Å². The van der Waals surface area contributed by atoms with Crippen LogP contribution in [0.4, 0.5) is 0 Å². The van der Waals surface area contributed by atoms with Gasteiger partial charge in [-0.05, 0) is 18.6 Å². The van der Waals surface area contributed by atoms with Gasteiger partial charge in [-0.25, -0.2) is 14.7 Å². The predicted octanol–water partition coefficient (Wildman–Crippen LogP) is 3.09. The van der Waals surface area contributed by atoms with Gasteiger partial charge in [-0.2, -0.15) is 0 Å². The van der Waals surface area contributed by atoms with Gasteiger partial charge in [0.2, 0.25) is 12.1 Å². The fourth-order valence-corrected chi connectivity index (χ4v) is 4.26. The molecule has 3 heterocycles. The monoisotopic (exact) mass is 415 g/mol. The Bertz CT molecular complexity index is 1100. The van der Waals surface area contributed by atoms with E-state index in [4.69, 9.17) is 11.6 Å². The maximum absolute atomic E-state index is 12.3. The molecule has 1 aliphatic heterocycles. The fourth-order valence-electron chi connectivity index (χ4n) is 2.98. The lowest BCUT2D eigenvalue weighted by molar-refractivity contribution is 0.0815. The normalized spacial score (nSPS) is 15.5. The van der Waals surface area contributed by atoms with Crippen molar-refractivity contribution in [3.05, 3.63) is 63.0 Å².